The Hall–Kier alpha value is -3.30. The predicted octanol–water partition coefficient (Wildman–Crippen LogP) is 0.359. The van der Waals surface area contributed by atoms with E-state index in [0.717, 1.165) is 0 Å². The maximum absolute atomic E-state index is 13.2. The highest BCUT2D eigenvalue weighted by molar-refractivity contribution is 7.84. The number of hydrogen-bond acceptors (Lipinski definition) is 11. The first-order valence-corrected chi connectivity index (χ1v) is 13.0. The highest BCUT2D eigenvalue weighted by Crippen LogP contribution is 2.28. The zero-order chi connectivity index (χ0) is 26.8. The molecule has 0 radical (unpaired) electrons. The van der Waals surface area contributed by atoms with Crippen molar-refractivity contribution < 1.29 is 27.6 Å². The van der Waals surface area contributed by atoms with Crippen LogP contribution in [-0.4, -0.2) is 74.4 Å². The largest absolute Gasteiger partial charge is 0.390 e. The lowest BCUT2D eigenvalue weighted by molar-refractivity contribution is 0.0636. The molecule has 1 saturated carbocycles. The summed E-state index contributed by atoms with van der Waals surface area (Å²) in [5, 5.41) is 27.9. The Morgan fingerprint density at radius 2 is 2.05 bits per heavy atom. The Morgan fingerprint density at radius 1 is 1.27 bits per heavy atom. The summed E-state index contributed by atoms with van der Waals surface area (Å²) in [6, 6.07) is 6.53. The Kier molecular flexibility index (Phi) is 7.66. The number of ketones is 1. The summed E-state index contributed by atoms with van der Waals surface area (Å²) >= 11 is 0. The minimum Gasteiger partial charge on any atom is -0.390 e. The SMILES string of the molecule is CNS(=O)(=O)O[C@@H]1C[C@H](Nc2ncncc2C(=O)c2ccn(Cc3cccc(C(C)(C)O)n3)n2)C[C@@H]1O. The number of aliphatic hydroxyl groups is 2. The van der Waals surface area contributed by atoms with E-state index in [-0.39, 0.29) is 36.0 Å². The molecule has 4 rings (SSSR count). The van der Waals surface area contributed by atoms with E-state index in [4.69, 9.17) is 4.18 Å². The van der Waals surface area contributed by atoms with Crippen molar-refractivity contribution >= 4 is 21.9 Å². The van der Waals surface area contributed by atoms with Crippen LogP contribution in [0.3, 0.4) is 0 Å². The first-order valence-electron chi connectivity index (χ1n) is 11.6. The third kappa shape index (κ3) is 6.53. The highest BCUT2D eigenvalue weighted by atomic mass is 32.2. The van der Waals surface area contributed by atoms with Gasteiger partial charge in [0, 0.05) is 25.5 Å². The van der Waals surface area contributed by atoms with Crippen molar-refractivity contribution in [3.05, 3.63) is 65.6 Å². The van der Waals surface area contributed by atoms with Gasteiger partial charge in [0.1, 0.15) is 29.5 Å². The van der Waals surface area contributed by atoms with Crippen LogP contribution in [0, 0.1) is 0 Å². The first-order chi connectivity index (χ1) is 17.4. The molecule has 3 atom stereocenters. The Balaban J connectivity index is 1.46. The molecule has 0 spiro atoms. The van der Waals surface area contributed by atoms with Crippen LogP contribution in [0.1, 0.15) is 54.1 Å². The lowest BCUT2D eigenvalue weighted by atomic mass is 10.0. The molecule has 0 bridgehead atoms. The van der Waals surface area contributed by atoms with E-state index in [1.165, 1.54) is 19.6 Å². The van der Waals surface area contributed by atoms with Gasteiger partial charge in [0.15, 0.2) is 0 Å². The number of aliphatic hydroxyl groups excluding tert-OH is 1. The Morgan fingerprint density at radius 3 is 2.78 bits per heavy atom. The van der Waals surface area contributed by atoms with Crippen molar-refractivity contribution in [1.29, 1.82) is 0 Å². The number of nitrogens with zero attached hydrogens (tertiary/aromatic N) is 5. The lowest BCUT2D eigenvalue weighted by Gasteiger charge is -2.17. The van der Waals surface area contributed by atoms with Gasteiger partial charge in [0.25, 0.3) is 0 Å². The van der Waals surface area contributed by atoms with Gasteiger partial charge in [-0.2, -0.15) is 18.2 Å². The number of carbonyl (C=O) groups excluding carboxylic acids is 1. The van der Waals surface area contributed by atoms with Crippen molar-refractivity contribution in [2.24, 2.45) is 0 Å². The second-order valence-electron chi connectivity index (χ2n) is 9.26. The van der Waals surface area contributed by atoms with Crippen LogP contribution in [0.5, 0.6) is 0 Å². The van der Waals surface area contributed by atoms with E-state index in [1.54, 1.807) is 49.0 Å². The van der Waals surface area contributed by atoms with Crippen LogP contribution in [-0.2, 0) is 26.6 Å². The summed E-state index contributed by atoms with van der Waals surface area (Å²) in [6.07, 6.45) is 2.74. The minimum atomic E-state index is -3.96. The molecule has 3 aromatic rings. The molecule has 0 aromatic carbocycles. The average Bonchev–Trinajstić information content (AvgIpc) is 3.44. The van der Waals surface area contributed by atoms with Gasteiger partial charge < -0.3 is 15.5 Å². The van der Waals surface area contributed by atoms with E-state index in [2.05, 4.69) is 30.1 Å². The molecule has 0 saturated heterocycles. The number of nitrogens with one attached hydrogen (secondary N) is 2. The highest BCUT2D eigenvalue weighted by Gasteiger charge is 2.37. The quantitative estimate of drug-likeness (QED) is 0.265. The molecular weight excluding hydrogens is 502 g/mol. The van der Waals surface area contributed by atoms with Gasteiger partial charge in [-0.15, -0.1) is 0 Å². The van der Waals surface area contributed by atoms with E-state index in [1.807, 2.05) is 0 Å². The molecule has 0 unspecified atom stereocenters. The number of aromatic nitrogens is 5. The molecule has 1 fully saturated rings. The first kappa shape index (κ1) is 26.8. The normalized spacial score (nSPS) is 20.2. The molecule has 3 aromatic heterocycles. The number of carbonyl (C=O) groups is 1. The molecule has 1 aliphatic carbocycles. The maximum atomic E-state index is 13.2. The van der Waals surface area contributed by atoms with Crippen molar-refractivity contribution in [2.75, 3.05) is 12.4 Å². The van der Waals surface area contributed by atoms with Crippen LogP contribution in [0.2, 0.25) is 0 Å². The fourth-order valence-corrected chi connectivity index (χ4v) is 4.62. The van der Waals surface area contributed by atoms with Gasteiger partial charge in [0.2, 0.25) is 5.78 Å². The average molecular weight is 532 g/mol. The van der Waals surface area contributed by atoms with Gasteiger partial charge in [-0.3, -0.25) is 18.6 Å². The van der Waals surface area contributed by atoms with Crippen molar-refractivity contribution in [3.8, 4) is 0 Å². The zero-order valence-electron chi connectivity index (χ0n) is 20.6. The number of anilines is 1. The van der Waals surface area contributed by atoms with E-state index in [9.17, 15) is 23.4 Å². The minimum absolute atomic E-state index is 0.171. The van der Waals surface area contributed by atoms with Gasteiger partial charge >= 0.3 is 10.3 Å². The molecule has 13 nitrogen and oxygen atoms in total. The second-order valence-corrected chi connectivity index (χ2v) is 10.8. The number of rotatable bonds is 10. The molecule has 3 heterocycles. The Labute approximate surface area is 214 Å². The lowest BCUT2D eigenvalue weighted by Crippen LogP contribution is -2.31. The monoisotopic (exact) mass is 531 g/mol. The van der Waals surface area contributed by atoms with E-state index >= 15 is 0 Å². The second kappa shape index (κ2) is 10.6. The zero-order valence-corrected chi connectivity index (χ0v) is 21.4. The van der Waals surface area contributed by atoms with Crippen LogP contribution in [0.15, 0.2) is 43.0 Å². The molecule has 14 heteroatoms. The van der Waals surface area contributed by atoms with Gasteiger partial charge in [-0.1, -0.05) is 6.07 Å². The smallest absolute Gasteiger partial charge is 0.335 e. The van der Waals surface area contributed by atoms with Crippen LogP contribution >= 0.6 is 0 Å². The van der Waals surface area contributed by atoms with E-state index < -0.39 is 33.9 Å². The van der Waals surface area contributed by atoms with Gasteiger partial charge in [-0.25, -0.2) is 9.97 Å². The third-order valence-electron chi connectivity index (χ3n) is 5.90. The maximum Gasteiger partial charge on any atom is 0.335 e. The predicted molar refractivity (Wildman–Crippen MR) is 132 cm³/mol. The summed E-state index contributed by atoms with van der Waals surface area (Å²) in [6.45, 7) is 3.60. The Bertz CT molecular complexity index is 1370. The van der Waals surface area contributed by atoms with Crippen LogP contribution < -0.4 is 10.0 Å². The van der Waals surface area contributed by atoms with Crippen LogP contribution in [0.4, 0.5) is 5.82 Å². The molecule has 37 heavy (non-hydrogen) atoms. The topological polar surface area (TPSA) is 181 Å². The summed E-state index contributed by atoms with van der Waals surface area (Å²) in [5.41, 5.74) is 0.462. The summed E-state index contributed by atoms with van der Waals surface area (Å²) in [7, 11) is -2.75. The fourth-order valence-electron chi connectivity index (χ4n) is 4.00. The van der Waals surface area contributed by atoms with Crippen molar-refractivity contribution in [3.63, 3.8) is 0 Å². The number of pyridine rings is 1. The molecule has 0 amide bonds. The van der Waals surface area contributed by atoms with Gasteiger partial charge in [0.05, 0.1) is 29.6 Å². The summed E-state index contributed by atoms with van der Waals surface area (Å²) < 4.78 is 32.0. The summed E-state index contributed by atoms with van der Waals surface area (Å²) in [5.74, 6) is -0.174. The molecule has 198 valence electrons. The van der Waals surface area contributed by atoms with Crippen molar-refractivity contribution in [2.45, 2.75) is 57.1 Å². The molecule has 1 aliphatic rings. The molecule has 0 aliphatic heterocycles. The van der Waals surface area contributed by atoms with Crippen molar-refractivity contribution in [1.82, 2.24) is 29.5 Å². The van der Waals surface area contributed by atoms with Gasteiger partial charge in [-0.05, 0) is 44.9 Å². The molecule has 4 N–H and O–H groups in total. The van der Waals surface area contributed by atoms with Crippen LogP contribution in [0.25, 0.3) is 0 Å². The van der Waals surface area contributed by atoms with E-state index in [0.29, 0.717) is 17.9 Å². The third-order valence-corrected chi connectivity index (χ3v) is 6.90. The molecular formula is C23H29N7O6S. The standard InChI is InChI=1S/C23H29N7O6S/c1-23(2,33)20-6-4-5-14(27-20)12-30-8-7-17(29-30)21(32)16-11-25-13-26-22(16)28-15-9-18(31)19(10-15)36-37(34,35)24-3/h4-8,11,13,15,18-19,24,31,33H,9-10,12H2,1-3H3,(H,25,26,28)/t15-,18+,19-/m1/s1. The summed E-state index contributed by atoms with van der Waals surface area (Å²) in [4.78, 5) is 25.8. The number of hydrogen-bond donors (Lipinski definition) is 4. The fraction of sp³-hybridized carbons (Fsp3) is 0.435.